The number of benzene rings is 3. The smallest absolute Gasteiger partial charge is 0.370 e. The first-order valence-electron chi connectivity index (χ1n) is 8.56. The Hall–Kier alpha value is -2.67. The van der Waals surface area contributed by atoms with Gasteiger partial charge in [0, 0.05) is 33.4 Å². The van der Waals surface area contributed by atoms with Gasteiger partial charge in [0.1, 0.15) is 5.75 Å². The lowest BCUT2D eigenvalue weighted by Gasteiger charge is -2.10. The summed E-state index contributed by atoms with van der Waals surface area (Å²) in [6.45, 7) is 0. The molecule has 1 heterocycles. The Morgan fingerprint density at radius 3 is 1.71 bits per heavy atom. The molecule has 0 aliphatic rings. The Morgan fingerprint density at radius 1 is 0.742 bits per heavy atom. The summed E-state index contributed by atoms with van der Waals surface area (Å²) >= 11 is 0. The Bertz CT molecular complexity index is 1440. The van der Waals surface area contributed by atoms with Crippen molar-refractivity contribution in [3.8, 4) is 10.6 Å². The lowest BCUT2D eigenvalue weighted by atomic mass is 10.2. The molecule has 0 aliphatic heterocycles. The van der Waals surface area contributed by atoms with Crippen LogP contribution in [0.3, 0.4) is 0 Å². The van der Waals surface area contributed by atoms with Crippen molar-refractivity contribution in [1.29, 1.82) is 0 Å². The van der Waals surface area contributed by atoms with E-state index in [9.17, 15) is 30.0 Å². The number of hydrogen-bond donors (Lipinski definition) is 1. The fourth-order valence-electron chi connectivity index (χ4n) is 3.06. The van der Waals surface area contributed by atoms with Crippen molar-refractivity contribution in [3.05, 3.63) is 72.8 Å². The summed E-state index contributed by atoms with van der Waals surface area (Å²) in [5.41, 5.74) is -5.79. The second kappa shape index (κ2) is 7.48. The van der Waals surface area contributed by atoms with Gasteiger partial charge in [-0.1, -0.05) is 28.4 Å². The second-order valence-electron chi connectivity index (χ2n) is 6.34. The topological polar surface area (TPSA) is 89.5 Å². The van der Waals surface area contributed by atoms with Crippen LogP contribution in [0.25, 0.3) is 25.1 Å². The number of thiophene rings is 1. The summed E-state index contributed by atoms with van der Waals surface area (Å²) in [6.07, 6.45) is 0. The van der Waals surface area contributed by atoms with Crippen LogP contribution < -0.4 is 8.31 Å². The minimum atomic E-state index is -6.13. The van der Waals surface area contributed by atoms with Crippen LogP contribution in [0, 0.1) is 0 Å². The molecule has 4 aromatic rings. The van der Waals surface area contributed by atoms with Gasteiger partial charge in [-0.3, -0.25) is 0 Å². The highest BCUT2D eigenvalue weighted by Crippen LogP contribution is 2.48. The van der Waals surface area contributed by atoms with E-state index in [1.54, 1.807) is 12.1 Å². The standard InChI is InChI=1S/C19H13F3NO5S3/c20-19(21,22)30(24,25)23-31(26,27)28-13-9-11-14(12-10-13)29-17-7-3-1-5-15(17)16-6-2-4-8-18(16)29/h1-12,23H/q+1. The Labute approximate surface area is 178 Å². The molecular weight excluding hydrogens is 475 g/mol. The van der Waals surface area contributed by atoms with Crippen LogP contribution in [-0.4, -0.2) is 22.3 Å². The highest BCUT2D eigenvalue weighted by atomic mass is 32.3. The number of hydrogen-bond acceptors (Lipinski definition) is 5. The summed E-state index contributed by atoms with van der Waals surface area (Å²) in [4.78, 5) is 0.832. The number of sulfonamides is 1. The normalized spacial score (nSPS) is 13.0. The Kier molecular flexibility index (Phi) is 5.20. The minimum Gasteiger partial charge on any atom is -0.370 e. The van der Waals surface area contributed by atoms with Crippen molar-refractivity contribution in [3.63, 3.8) is 0 Å². The van der Waals surface area contributed by atoms with Crippen molar-refractivity contribution >= 4 is 51.0 Å². The zero-order chi connectivity index (χ0) is 22.4. The van der Waals surface area contributed by atoms with Crippen molar-refractivity contribution in [2.75, 3.05) is 0 Å². The lowest BCUT2D eigenvalue weighted by Crippen LogP contribution is -2.42. The van der Waals surface area contributed by atoms with Crippen molar-refractivity contribution < 1.29 is 34.2 Å². The average molecular weight is 489 g/mol. The van der Waals surface area contributed by atoms with Crippen molar-refractivity contribution in [2.45, 2.75) is 5.51 Å². The first kappa shape index (κ1) is 21.6. The highest BCUT2D eigenvalue weighted by Gasteiger charge is 2.48. The van der Waals surface area contributed by atoms with Gasteiger partial charge in [-0.15, -0.1) is 0 Å². The van der Waals surface area contributed by atoms with Gasteiger partial charge >= 0.3 is 25.8 Å². The van der Waals surface area contributed by atoms with Gasteiger partial charge in [-0.05, 0) is 36.4 Å². The predicted molar refractivity (Wildman–Crippen MR) is 113 cm³/mol. The number of nitrogens with one attached hydrogen (secondary N) is 1. The molecule has 4 rings (SSSR count). The number of halogens is 3. The van der Waals surface area contributed by atoms with Gasteiger partial charge in [0.05, 0.1) is 0 Å². The van der Waals surface area contributed by atoms with E-state index in [2.05, 4.69) is 4.18 Å². The van der Waals surface area contributed by atoms with Gasteiger partial charge in [0.15, 0.2) is 14.3 Å². The second-order valence-corrected chi connectivity index (χ2v) is 11.5. The molecule has 162 valence electrons. The number of fused-ring (bicyclic) bond motifs is 3. The molecule has 3 aromatic carbocycles. The van der Waals surface area contributed by atoms with E-state index in [1.165, 1.54) is 12.1 Å². The molecule has 0 aliphatic carbocycles. The molecule has 6 nitrogen and oxygen atoms in total. The Morgan fingerprint density at radius 2 is 1.23 bits per heavy atom. The van der Waals surface area contributed by atoms with Gasteiger partial charge < -0.3 is 4.18 Å². The molecule has 0 fully saturated rings. The molecule has 1 N–H and O–H groups in total. The fraction of sp³-hybridized carbons (Fsp3) is 0.0526. The summed E-state index contributed by atoms with van der Waals surface area (Å²) in [6, 6.07) is 21.4. The molecule has 0 bridgehead atoms. The SMILES string of the molecule is O=S(=O)(NS(=O)(=O)C(F)(F)F)Oc1ccc(-[s+]2c3ccccc3c3ccccc32)cc1. The summed E-state index contributed by atoms with van der Waals surface area (Å²) in [7, 11) is -11.9. The van der Waals surface area contributed by atoms with Crippen LogP contribution >= 0.6 is 10.5 Å². The molecule has 0 atom stereocenters. The monoisotopic (exact) mass is 488 g/mol. The third-order valence-electron chi connectivity index (χ3n) is 4.29. The molecule has 0 unspecified atom stereocenters. The maximum absolute atomic E-state index is 12.4. The minimum absolute atomic E-state index is 0.335. The van der Waals surface area contributed by atoms with Crippen LogP contribution in [-0.2, 0) is 20.3 Å². The quantitative estimate of drug-likeness (QED) is 0.408. The van der Waals surface area contributed by atoms with Crippen LogP contribution in [0.15, 0.2) is 72.8 Å². The summed E-state index contributed by atoms with van der Waals surface area (Å²) < 4.78 is 89.9. The van der Waals surface area contributed by atoms with E-state index in [-0.39, 0.29) is 5.75 Å². The maximum atomic E-state index is 12.4. The van der Waals surface area contributed by atoms with Gasteiger partial charge in [-0.25, -0.2) is 8.42 Å². The fourth-order valence-corrected chi connectivity index (χ4v) is 7.39. The van der Waals surface area contributed by atoms with Crippen LogP contribution in [0.2, 0.25) is 0 Å². The van der Waals surface area contributed by atoms with Gasteiger partial charge in [-0.2, -0.15) is 21.6 Å². The molecule has 0 saturated heterocycles. The molecule has 0 amide bonds. The van der Waals surface area contributed by atoms with Crippen molar-refractivity contribution in [1.82, 2.24) is 4.13 Å². The molecule has 0 spiro atoms. The van der Waals surface area contributed by atoms with E-state index >= 15 is 0 Å². The largest absolute Gasteiger partial charge is 0.512 e. The first-order chi connectivity index (χ1) is 14.5. The molecule has 0 radical (unpaired) electrons. The maximum Gasteiger partial charge on any atom is 0.512 e. The zero-order valence-electron chi connectivity index (χ0n) is 15.3. The van der Waals surface area contributed by atoms with E-state index < -0.39 is 36.3 Å². The van der Waals surface area contributed by atoms with E-state index in [0.717, 1.165) is 25.1 Å². The number of rotatable bonds is 5. The summed E-state index contributed by atoms with van der Waals surface area (Å²) in [5.74, 6) is -0.335. The highest BCUT2D eigenvalue weighted by molar-refractivity contribution is 8.03. The third kappa shape index (κ3) is 4.11. The van der Waals surface area contributed by atoms with E-state index in [1.807, 2.05) is 48.5 Å². The number of alkyl halides is 3. The molecule has 1 aromatic heterocycles. The van der Waals surface area contributed by atoms with Crippen LogP contribution in [0.4, 0.5) is 13.2 Å². The van der Waals surface area contributed by atoms with Crippen LogP contribution in [0.5, 0.6) is 5.75 Å². The molecular formula is C19H13F3NO5S3+. The zero-order valence-corrected chi connectivity index (χ0v) is 17.8. The van der Waals surface area contributed by atoms with Gasteiger partial charge in [0.25, 0.3) is 0 Å². The van der Waals surface area contributed by atoms with E-state index in [0.29, 0.717) is 4.13 Å². The Balaban J connectivity index is 1.68. The molecule has 12 heteroatoms. The van der Waals surface area contributed by atoms with Crippen LogP contribution in [0.1, 0.15) is 0 Å². The van der Waals surface area contributed by atoms with Crippen molar-refractivity contribution in [2.24, 2.45) is 0 Å². The lowest BCUT2D eigenvalue weighted by molar-refractivity contribution is -0.0442. The predicted octanol–water partition coefficient (Wildman–Crippen LogP) is 4.79. The average Bonchev–Trinajstić information content (AvgIpc) is 3.01. The van der Waals surface area contributed by atoms with E-state index in [4.69, 9.17) is 0 Å². The first-order valence-corrected chi connectivity index (χ1v) is 12.7. The molecule has 0 saturated carbocycles. The van der Waals surface area contributed by atoms with Gasteiger partial charge in [0.2, 0.25) is 0 Å². The molecule has 31 heavy (non-hydrogen) atoms. The third-order valence-corrected chi connectivity index (χ3v) is 9.34. The summed E-state index contributed by atoms with van der Waals surface area (Å²) in [5, 5.41) is 2.18.